The van der Waals surface area contributed by atoms with E-state index >= 15 is 0 Å². The second-order valence-corrected chi connectivity index (χ2v) is 20.3. The maximum Gasteiger partial charge on any atom is 0.251 e. The molecule has 0 unspecified atom stereocenters. The summed E-state index contributed by atoms with van der Waals surface area (Å²) < 4.78 is 31.5. The fourth-order valence-electron chi connectivity index (χ4n) is 5.00. The zero-order valence-electron chi connectivity index (χ0n) is 27.6. The zero-order valence-corrected chi connectivity index (χ0v) is 29.4. The molecule has 3 rings (SSSR count). The van der Waals surface area contributed by atoms with Crippen LogP contribution in [0.3, 0.4) is 0 Å². The Labute approximate surface area is 268 Å². The summed E-state index contributed by atoms with van der Waals surface area (Å²) in [5.74, 6) is -2.22. The van der Waals surface area contributed by atoms with Gasteiger partial charge in [0.1, 0.15) is 12.1 Å². The van der Waals surface area contributed by atoms with Crippen LogP contribution in [-0.4, -0.2) is 82.8 Å². The summed E-state index contributed by atoms with van der Waals surface area (Å²) in [5.41, 5.74) is 0.430. The van der Waals surface area contributed by atoms with E-state index < -0.39 is 48.3 Å². The average molecular weight is 661 g/mol. The van der Waals surface area contributed by atoms with Gasteiger partial charge in [-0.3, -0.25) is 23.9 Å². The molecule has 13 heteroatoms. The molecule has 0 radical (unpaired) electrons. The van der Waals surface area contributed by atoms with Crippen LogP contribution in [0.2, 0.25) is 18.1 Å². The van der Waals surface area contributed by atoms with E-state index in [9.17, 15) is 27.6 Å². The van der Waals surface area contributed by atoms with Crippen LogP contribution < -0.4 is 15.4 Å². The number of rotatable bonds is 12. The standard InChI is InChI=1S/C32H48N4O7SSi/c1-21(2)28(34-29(38)24-16-15-22-12-9-10-13-23(22)18-24)31(40)36-17-11-14-26(36)30(39)33-25(19-27(37)35-44(6,41)42)20-43-45(7,8)32(3,4)5/h9-10,12-13,15-16,18,21,25-26,28H,11,14,17,19-20H2,1-8H3,(H,33,39)(H,34,38)(H,35,37)/t25-,26-,28-/m0/s1. The van der Waals surface area contributed by atoms with E-state index in [0.29, 0.717) is 24.9 Å². The highest BCUT2D eigenvalue weighted by Gasteiger charge is 2.41. The van der Waals surface area contributed by atoms with Gasteiger partial charge < -0.3 is 20.0 Å². The zero-order chi connectivity index (χ0) is 33.7. The lowest BCUT2D eigenvalue weighted by atomic mass is 10.0. The van der Waals surface area contributed by atoms with Crippen LogP contribution in [0.25, 0.3) is 10.8 Å². The number of carbonyl (C=O) groups excluding carboxylic acids is 4. The van der Waals surface area contributed by atoms with Crippen molar-refractivity contribution in [2.75, 3.05) is 19.4 Å². The minimum atomic E-state index is -3.79. The first-order valence-electron chi connectivity index (χ1n) is 15.3. The smallest absolute Gasteiger partial charge is 0.251 e. The number of nitrogens with zero attached hydrogens (tertiary/aromatic N) is 1. The molecule has 0 spiro atoms. The van der Waals surface area contributed by atoms with Crippen molar-refractivity contribution in [2.45, 2.75) is 90.1 Å². The Morgan fingerprint density at radius 3 is 2.27 bits per heavy atom. The number of sulfonamides is 1. The van der Waals surface area contributed by atoms with Crippen LogP contribution in [0.15, 0.2) is 42.5 Å². The molecule has 1 aliphatic heterocycles. The molecular formula is C32H48N4O7SSi. The number of benzene rings is 2. The summed E-state index contributed by atoms with van der Waals surface area (Å²) >= 11 is 0. The summed E-state index contributed by atoms with van der Waals surface area (Å²) in [6.45, 7) is 14.3. The summed E-state index contributed by atoms with van der Waals surface area (Å²) in [6, 6.07) is 10.6. The maximum atomic E-state index is 13.9. The van der Waals surface area contributed by atoms with Crippen molar-refractivity contribution in [1.29, 1.82) is 0 Å². The first-order valence-corrected chi connectivity index (χ1v) is 20.1. The minimum Gasteiger partial charge on any atom is -0.415 e. The highest BCUT2D eigenvalue weighted by atomic mass is 32.2. The number of nitrogens with one attached hydrogen (secondary N) is 3. The predicted molar refractivity (Wildman–Crippen MR) is 177 cm³/mol. The van der Waals surface area contributed by atoms with Crippen LogP contribution in [0.4, 0.5) is 0 Å². The number of hydrogen-bond acceptors (Lipinski definition) is 7. The quantitative estimate of drug-likeness (QED) is 0.295. The third-order valence-electron chi connectivity index (χ3n) is 8.60. The van der Waals surface area contributed by atoms with Gasteiger partial charge >= 0.3 is 0 Å². The molecule has 1 aliphatic rings. The Morgan fingerprint density at radius 2 is 1.67 bits per heavy atom. The van der Waals surface area contributed by atoms with Gasteiger partial charge in [-0.1, -0.05) is 65.0 Å². The van der Waals surface area contributed by atoms with Crippen molar-refractivity contribution in [1.82, 2.24) is 20.3 Å². The molecule has 1 saturated heterocycles. The lowest BCUT2D eigenvalue weighted by Crippen LogP contribution is -2.57. The van der Waals surface area contributed by atoms with Crippen LogP contribution in [0.5, 0.6) is 0 Å². The lowest BCUT2D eigenvalue weighted by Gasteiger charge is -2.37. The molecule has 248 valence electrons. The summed E-state index contributed by atoms with van der Waals surface area (Å²) in [5, 5.41) is 7.52. The number of amides is 4. The van der Waals surface area contributed by atoms with Gasteiger partial charge in [0.05, 0.1) is 25.3 Å². The Hall–Kier alpha value is -3.29. The maximum absolute atomic E-state index is 13.9. The largest absolute Gasteiger partial charge is 0.415 e. The second-order valence-electron chi connectivity index (χ2n) is 13.7. The van der Waals surface area contributed by atoms with Crippen molar-refractivity contribution >= 4 is 52.7 Å². The molecular weight excluding hydrogens is 613 g/mol. The molecule has 1 heterocycles. The van der Waals surface area contributed by atoms with E-state index in [1.165, 1.54) is 4.90 Å². The van der Waals surface area contributed by atoms with Gasteiger partial charge in [0.2, 0.25) is 27.7 Å². The first-order chi connectivity index (χ1) is 20.8. The minimum absolute atomic E-state index is 0.0104. The number of likely N-dealkylation sites (tertiary alicyclic amines) is 1. The molecule has 0 bridgehead atoms. The van der Waals surface area contributed by atoms with E-state index in [0.717, 1.165) is 17.0 Å². The lowest BCUT2D eigenvalue weighted by molar-refractivity contribution is -0.141. The molecule has 2 aromatic rings. The molecule has 0 aliphatic carbocycles. The van der Waals surface area contributed by atoms with Crippen molar-refractivity contribution in [3.63, 3.8) is 0 Å². The van der Waals surface area contributed by atoms with Crippen molar-refractivity contribution in [3.05, 3.63) is 48.0 Å². The molecule has 3 atom stereocenters. The number of carbonyl (C=O) groups is 4. The Bertz CT molecular complexity index is 1520. The second kappa shape index (κ2) is 14.4. The summed E-state index contributed by atoms with van der Waals surface area (Å²) in [4.78, 5) is 54.8. The predicted octanol–water partition coefficient (Wildman–Crippen LogP) is 3.56. The highest BCUT2D eigenvalue weighted by molar-refractivity contribution is 7.89. The Morgan fingerprint density at radius 1 is 1.02 bits per heavy atom. The molecule has 4 amide bonds. The molecule has 45 heavy (non-hydrogen) atoms. The van der Waals surface area contributed by atoms with Gasteiger partial charge in [-0.15, -0.1) is 0 Å². The molecule has 0 aromatic heterocycles. The van der Waals surface area contributed by atoms with Gasteiger partial charge in [-0.2, -0.15) is 0 Å². The van der Waals surface area contributed by atoms with Crippen LogP contribution in [-0.2, 0) is 28.8 Å². The SMILES string of the molecule is CC(C)[C@H](NC(=O)c1ccc2ccccc2c1)C(=O)N1CCC[C@H]1C(=O)N[C@H](CO[Si](C)(C)C(C)(C)C)CC(=O)NS(C)(=O)=O. The molecule has 11 nitrogen and oxygen atoms in total. The monoisotopic (exact) mass is 660 g/mol. The fourth-order valence-corrected chi connectivity index (χ4v) is 6.54. The van der Waals surface area contributed by atoms with Crippen LogP contribution in [0.1, 0.15) is 64.2 Å². The van der Waals surface area contributed by atoms with Gasteiger partial charge in [0.25, 0.3) is 5.91 Å². The number of fused-ring (bicyclic) bond motifs is 1. The van der Waals surface area contributed by atoms with E-state index in [2.05, 4.69) is 31.4 Å². The average Bonchev–Trinajstić information content (AvgIpc) is 3.42. The van der Waals surface area contributed by atoms with Crippen LogP contribution >= 0.6 is 0 Å². The number of hydrogen-bond donors (Lipinski definition) is 3. The molecule has 2 aromatic carbocycles. The Balaban J connectivity index is 1.76. The van der Waals surface area contributed by atoms with Gasteiger partial charge in [0, 0.05) is 12.1 Å². The van der Waals surface area contributed by atoms with E-state index in [4.69, 9.17) is 4.43 Å². The molecule has 3 N–H and O–H groups in total. The fraction of sp³-hybridized carbons (Fsp3) is 0.562. The summed E-state index contributed by atoms with van der Waals surface area (Å²) in [6.07, 6.45) is 1.57. The van der Waals surface area contributed by atoms with Crippen molar-refractivity contribution in [3.8, 4) is 0 Å². The van der Waals surface area contributed by atoms with E-state index in [1.807, 2.05) is 62.0 Å². The normalized spacial score (nSPS) is 17.2. The van der Waals surface area contributed by atoms with E-state index in [-0.39, 0.29) is 35.8 Å². The van der Waals surface area contributed by atoms with Crippen molar-refractivity contribution in [2.24, 2.45) is 5.92 Å². The third kappa shape index (κ3) is 9.85. The van der Waals surface area contributed by atoms with Gasteiger partial charge in [-0.05, 0) is 59.8 Å². The molecule has 0 saturated carbocycles. The topological polar surface area (TPSA) is 151 Å². The first kappa shape index (κ1) is 36.2. The van der Waals surface area contributed by atoms with E-state index in [1.54, 1.807) is 12.1 Å². The molecule has 1 fully saturated rings. The Kier molecular flexibility index (Phi) is 11.6. The van der Waals surface area contributed by atoms with Gasteiger partial charge in [-0.25, -0.2) is 8.42 Å². The van der Waals surface area contributed by atoms with Crippen LogP contribution in [0, 0.1) is 5.92 Å². The van der Waals surface area contributed by atoms with Gasteiger partial charge in [0.15, 0.2) is 8.32 Å². The van der Waals surface area contributed by atoms with Crippen molar-refractivity contribution < 1.29 is 32.0 Å². The highest BCUT2D eigenvalue weighted by Crippen LogP contribution is 2.36. The summed E-state index contributed by atoms with van der Waals surface area (Å²) in [7, 11) is -6.06. The third-order valence-corrected chi connectivity index (χ3v) is 13.7.